The van der Waals surface area contributed by atoms with E-state index in [-0.39, 0.29) is 28.3 Å². The van der Waals surface area contributed by atoms with Crippen LogP contribution in [-0.4, -0.2) is 22.0 Å². The number of amides is 2. The first-order chi connectivity index (χ1) is 17.0. The van der Waals surface area contributed by atoms with Gasteiger partial charge in [0.25, 0.3) is 11.1 Å². The first kappa shape index (κ1) is 22.9. The van der Waals surface area contributed by atoms with E-state index in [2.05, 4.69) is 0 Å². The summed E-state index contributed by atoms with van der Waals surface area (Å²) in [6.45, 7) is 0.181. The molecule has 1 aliphatic rings. The summed E-state index contributed by atoms with van der Waals surface area (Å²) in [6.07, 6.45) is 1.58. The van der Waals surface area contributed by atoms with Crippen molar-refractivity contribution in [2.75, 3.05) is 0 Å². The molecule has 0 N–H and O–H groups in total. The number of hydrogen-bond donors (Lipinski definition) is 0. The van der Waals surface area contributed by atoms with Gasteiger partial charge in [0.1, 0.15) is 5.75 Å². The van der Waals surface area contributed by atoms with E-state index in [4.69, 9.17) is 16.3 Å². The van der Waals surface area contributed by atoms with E-state index in [1.807, 2.05) is 42.5 Å². The summed E-state index contributed by atoms with van der Waals surface area (Å²) in [5.41, 5.74) is 1.73. The summed E-state index contributed by atoms with van der Waals surface area (Å²) in [6, 6.07) is 27.0. The Bertz CT molecular complexity index is 1500. The van der Waals surface area contributed by atoms with E-state index in [9.17, 15) is 14.4 Å². The van der Waals surface area contributed by atoms with Crippen molar-refractivity contribution < 1.29 is 19.1 Å². The van der Waals surface area contributed by atoms with E-state index >= 15 is 0 Å². The van der Waals surface area contributed by atoms with Crippen molar-refractivity contribution in [1.82, 2.24) is 4.90 Å². The van der Waals surface area contributed by atoms with Gasteiger partial charge in [0, 0.05) is 10.6 Å². The normalized spacial score (nSPS) is 14.7. The Morgan fingerprint density at radius 1 is 0.886 bits per heavy atom. The number of fused-ring (bicyclic) bond motifs is 1. The molecule has 0 unspecified atom stereocenters. The van der Waals surface area contributed by atoms with Crippen LogP contribution in [0.3, 0.4) is 0 Å². The average molecular weight is 500 g/mol. The second-order valence-electron chi connectivity index (χ2n) is 7.88. The third-order valence-electron chi connectivity index (χ3n) is 5.52. The number of hydrogen-bond acceptors (Lipinski definition) is 5. The van der Waals surface area contributed by atoms with Gasteiger partial charge in [-0.1, -0.05) is 66.2 Å². The highest BCUT2D eigenvalue weighted by Crippen LogP contribution is 2.35. The lowest BCUT2D eigenvalue weighted by molar-refractivity contribution is -0.123. The SMILES string of the molecule is O=C(Oc1ccccc1/C=C1\SC(=O)N(Cc2ccc3ccccc3c2)C1=O)c1ccc(Cl)cc1. The lowest BCUT2D eigenvalue weighted by Crippen LogP contribution is -2.27. The first-order valence-electron chi connectivity index (χ1n) is 10.8. The largest absolute Gasteiger partial charge is 0.422 e. The Morgan fingerprint density at radius 2 is 1.60 bits per heavy atom. The smallest absolute Gasteiger partial charge is 0.343 e. The Labute approximate surface area is 211 Å². The third kappa shape index (κ3) is 4.99. The number of halogens is 1. The fourth-order valence-corrected chi connectivity index (χ4v) is 4.69. The Balaban J connectivity index is 1.36. The zero-order valence-electron chi connectivity index (χ0n) is 18.3. The van der Waals surface area contributed by atoms with Crippen molar-refractivity contribution >= 4 is 57.3 Å². The van der Waals surface area contributed by atoms with Crippen LogP contribution in [0, 0.1) is 0 Å². The standard InChI is InChI=1S/C28H18ClNO4S/c29-23-13-11-20(12-14-23)27(32)34-24-8-4-3-7-22(24)16-25-26(31)30(28(33)35-25)17-18-9-10-19-5-1-2-6-21(19)15-18/h1-16H,17H2/b25-16-. The molecular formula is C28H18ClNO4S. The molecule has 35 heavy (non-hydrogen) atoms. The van der Waals surface area contributed by atoms with Crippen LogP contribution in [-0.2, 0) is 11.3 Å². The van der Waals surface area contributed by atoms with Gasteiger partial charge >= 0.3 is 5.97 Å². The Hall–Kier alpha value is -3.87. The van der Waals surface area contributed by atoms with Crippen molar-refractivity contribution in [1.29, 1.82) is 0 Å². The molecule has 0 spiro atoms. The van der Waals surface area contributed by atoms with E-state index in [0.717, 1.165) is 28.1 Å². The molecule has 0 saturated carbocycles. The zero-order valence-corrected chi connectivity index (χ0v) is 19.9. The summed E-state index contributed by atoms with van der Waals surface area (Å²) in [5.74, 6) is -0.646. The fourth-order valence-electron chi connectivity index (χ4n) is 3.73. The lowest BCUT2D eigenvalue weighted by atomic mass is 10.1. The maximum Gasteiger partial charge on any atom is 0.343 e. The first-order valence-corrected chi connectivity index (χ1v) is 12.0. The van der Waals surface area contributed by atoms with Gasteiger partial charge in [0.15, 0.2) is 0 Å². The highest BCUT2D eigenvalue weighted by molar-refractivity contribution is 8.18. The number of para-hydroxylation sites is 1. The van der Waals surface area contributed by atoms with Crippen LogP contribution < -0.4 is 4.74 Å². The average Bonchev–Trinajstić information content (AvgIpc) is 3.13. The molecule has 4 aromatic rings. The number of esters is 1. The molecule has 1 heterocycles. The molecule has 0 aliphatic carbocycles. The minimum absolute atomic E-state index is 0.181. The topological polar surface area (TPSA) is 63.7 Å². The lowest BCUT2D eigenvalue weighted by Gasteiger charge is -2.13. The van der Waals surface area contributed by atoms with Gasteiger partial charge < -0.3 is 4.74 Å². The van der Waals surface area contributed by atoms with Gasteiger partial charge in [-0.3, -0.25) is 14.5 Å². The molecule has 1 aliphatic heterocycles. The molecule has 172 valence electrons. The number of thioether (sulfide) groups is 1. The van der Waals surface area contributed by atoms with Crippen molar-refractivity contribution in [2.24, 2.45) is 0 Å². The second kappa shape index (κ2) is 9.78. The van der Waals surface area contributed by atoms with Gasteiger partial charge in [0.05, 0.1) is 17.0 Å². The molecule has 4 aromatic carbocycles. The summed E-state index contributed by atoms with van der Waals surface area (Å²) < 4.78 is 5.56. The molecule has 5 rings (SSSR count). The quantitative estimate of drug-likeness (QED) is 0.169. The molecular weight excluding hydrogens is 482 g/mol. The highest BCUT2D eigenvalue weighted by Gasteiger charge is 2.35. The number of imide groups is 1. The summed E-state index contributed by atoms with van der Waals surface area (Å²) in [5, 5.41) is 2.31. The maximum absolute atomic E-state index is 13.1. The molecule has 2 amide bonds. The number of carbonyl (C=O) groups is 3. The minimum atomic E-state index is -0.549. The van der Waals surface area contributed by atoms with Crippen molar-refractivity contribution in [3.63, 3.8) is 0 Å². The molecule has 0 radical (unpaired) electrons. The van der Waals surface area contributed by atoms with E-state index in [1.165, 1.54) is 4.90 Å². The van der Waals surface area contributed by atoms with Crippen molar-refractivity contribution in [2.45, 2.75) is 6.54 Å². The number of benzene rings is 4. The van der Waals surface area contributed by atoms with Crippen LogP contribution in [0.5, 0.6) is 5.75 Å². The van der Waals surface area contributed by atoms with E-state index < -0.39 is 5.97 Å². The van der Waals surface area contributed by atoms with Gasteiger partial charge in [-0.2, -0.15) is 0 Å². The van der Waals surface area contributed by atoms with Crippen molar-refractivity contribution in [3.05, 3.63) is 118 Å². The third-order valence-corrected chi connectivity index (χ3v) is 6.68. The predicted octanol–water partition coefficient (Wildman–Crippen LogP) is 6.95. The van der Waals surface area contributed by atoms with Crippen LogP contribution in [0.4, 0.5) is 4.79 Å². The monoisotopic (exact) mass is 499 g/mol. The number of rotatable bonds is 5. The van der Waals surface area contributed by atoms with Crippen LogP contribution in [0.2, 0.25) is 5.02 Å². The maximum atomic E-state index is 13.1. The van der Waals surface area contributed by atoms with Crippen LogP contribution in [0.15, 0.2) is 95.9 Å². The molecule has 1 saturated heterocycles. The zero-order chi connectivity index (χ0) is 24.4. The molecule has 7 heteroatoms. The highest BCUT2D eigenvalue weighted by atomic mass is 35.5. The molecule has 0 bridgehead atoms. The van der Waals surface area contributed by atoms with Gasteiger partial charge in [-0.15, -0.1) is 0 Å². The van der Waals surface area contributed by atoms with Gasteiger partial charge in [-0.05, 0) is 70.6 Å². The van der Waals surface area contributed by atoms with E-state index in [1.54, 1.807) is 54.6 Å². The number of nitrogens with zero attached hydrogens (tertiary/aromatic N) is 1. The predicted molar refractivity (Wildman–Crippen MR) is 138 cm³/mol. The Kier molecular flexibility index (Phi) is 6.40. The molecule has 0 atom stereocenters. The van der Waals surface area contributed by atoms with Gasteiger partial charge in [-0.25, -0.2) is 4.79 Å². The minimum Gasteiger partial charge on any atom is -0.422 e. The second-order valence-corrected chi connectivity index (χ2v) is 9.31. The molecule has 0 aromatic heterocycles. The van der Waals surface area contributed by atoms with Crippen molar-refractivity contribution in [3.8, 4) is 5.75 Å². The van der Waals surface area contributed by atoms with Gasteiger partial charge in [0.2, 0.25) is 0 Å². The van der Waals surface area contributed by atoms with Crippen LogP contribution in [0.1, 0.15) is 21.5 Å². The van der Waals surface area contributed by atoms with E-state index in [0.29, 0.717) is 16.1 Å². The molecule has 5 nitrogen and oxygen atoms in total. The molecule has 1 fully saturated rings. The summed E-state index contributed by atoms with van der Waals surface area (Å²) in [7, 11) is 0. The fraction of sp³-hybridized carbons (Fsp3) is 0.0357. The van der Waals surface area contributed by atoms with Crippen LogP contribution in [0.25, 0.3) is 16.8 Å². The van der Waals surface area contributed by atoms with Crippen LogP contribution >= 0.6 is 23.4 Å². The number of carbonyl (C=O) groups excluding carboxylic acids is 3. The summed E-state index contributed by atoms with van der Waals surface area (Å²) >= 11 is 6.75. The number of ether oxygens (including phenoxy) is 1. The Morgan fingerprint density at radius 3 is 2.40 bits per heavy atom. The summed E-state index contributed by atoms with van der Waals surface area (Å²) in [4.78, 5) is 39.8.